The van der Waals surface area contributed by atoms with Crippen LogP contribution in [0.4, 0.5) is 0 Å². The van der Waals surface area contributed by atoms with Crippen molar-refractivity contribution in [3.63, 3.8) is 0 Å². The molecular weight excluding hydrogens is 296 g/mol. The predicted octanol–water partition coefficient (Wildman–Crippen LogP) is 4.81. The van der Waals surface area contributed by atoms with Gasteiger partial charge in [-0.1, -0.05) is 26.8 Å². The van der Waals surface area contributed by atoms with Gasteiger partial charge in [-0.2, -0.15) is 0 Å². The Bertz CT molecular complexity index is 635. The second kappa shape index (κ2) is 5.76. The van der Waals surface area contributed by atoms with Crippen LogP contribution in [-0.2, 0) is 12.8 Å². The van der Waals surface area contributed by atoms with Gasteiger partial charge in [-0.15, -0.1) is 0 Å². The number of phenolic OH excluding ortho intramolecular Hbond substituents is 1. The van der Waals surface area contributed by atoms with Crippen LogP contribution in [0.5, 0.6) is 5.75 Å². The van der Waals surface area contributed by atoms with Gasteiger partial charge in [0, 0.05) is 0 Å². The number of fused-ring (bicyclic) bond motifs is 5. The zero-order valence-corrected chi connectivity index (χ0v) is 15.4. The molecule has 2 saturated carbocycles. The van der Waals surface area contributed by atoms with Crippen LogP contribution in [0, 0.1) is 23.2 Å². The minimum absolute atomic E-state index is 0.0961. The van der Waals surface area contributed by atoms with Crippen molar-refractivity contribution in [1.29, 1.82) is 0 Å². The van der Waals surface area contributed by atoms with Gasteiger partial charge in [0.15, 0.2) is 0 Å². The molecule has 3 aliphatic rings. The van der Waals surface area contributed by atoms with Crippen molar-refractivity contribution in [1.82, 2.24) is 0 Å². The monoisotopic (exact) mass is 328 g/mol. The van der Waals surface area contributed by atoms with Crippen molar-refractivity contribution in [2.75, 3.05) is 0 Å². The molecule has 132 valence electrons. The summed E-state index contributed by atoms with van der Waals surface area (Å²) in [5.41, 5.74) is 4.17. The first-order chi connectivity index (χ1) is 11.4. The lowest BCUT2D eigenvalue weighted by Crippen LogP contribution is -2.43. The van der Waals surface area contributed by atoms with Gasteiger partial charge in [0.2, 0.25) is 0 Å². The molecule has 1 aromatic carbocycles. The molecule has 4 rings (SSSR count). The van der Waals surface area contributed by atoms with E-state index in [4.69, 9.17) is 0 Å². The van der Waals surface area contributed by atoms with Gasteiger partial charge in [0.1, 0.15) is 5.75 Å². The standard InChI is InChI=1S/C22H32O2/c1-13(2)10-15-11-18-14(12-20(15)23)4-5-17-16(18)8-9-22(3)19(17)6-7-21(22)24/h11-13,16-17,19,21,23-24H,4-10H2,1-3H3/t16-,17-,19-,21-,22-/m0/s1. The fourth-order valence-electron chi connectivity index (χ4n) is 6.23. The smallest absolute Gasteiger partial charge is 0.119 e. The Balaban J connectivity index is 1.69. The second-order valence-corrected chi connectivity index (χ2v) is 9.33. The molecular formula is C22H32O2. The van der Waals surface area contributed by atoms with Gasteiger partial charge >= 0.3 is 0 Å². The molecule has 0 bridgehead atoms. The minimum Gasteiger partial charge on any atom is -0.508 e. The van der Waals surface area contributed by atoms with Crippen LogP contribution in [0.1, 0.15) is 75.5 Å². The molecule has 24 heavy (non-hydrogen) atoms. The first kappa shape index (κ1) is 16.4. The summed E-state index contributed by atoms with van der Waals surface area (Å²) in [7, 11) is 0. The van der Waals surface area contributed by atoms with Crippen LogP contribution >= 0.6 is 0 Å². The van der Waals surface area contributed by atoms with E-state index in [2.05, 4.69) is 32.9 Å². The van der Waals surface area contributed by atoms with Crippen molar-refractivity contribution < 1.29 is 10.2 Å². The Morgan fingerprint density at radius 2 is 1.96 bits per heavy atom. The maximum Gasteiger partial charge on any atom is 0.119 e. The quantitative estimate of drug-likeness (QED) is 0.818. The number of hydrogen-bond donors (Lipinski definition) is 2. The summed E-state index contributed by atoms with van der Waals surface area (Å²) in [6.07, 6.45) is 7.73. The number of aryl methyl sites for hydroxylation is 1. The van der Waals surface area contributed by atoms with Crippen LogP contribution in [-0.4, -0.2) is 16.3 Å². The van der Waals surface area contributed by atoms with E-state index in [9.17, 15) is 10.2 Å². The second-order valence-electron chi connectivity index (χ2n) is 9.33. The highest BCUT2D eigenvalue weighted by atomic mass is 16.3. The Morgan fingerprint density at radius 3 is 2.71 bits per heavy atom. The molecule has 5 atom stereocenters. The molecule has 2 N–H and O–H groups in total. The highest BCUT2D eigenvalue weighted by molar-refractivity contribution is 5.45. The molecule has 0 saturated heterocycles. The lowest BCUT2D eigenvalue weighted by molar-refractivity contribution is -0.0226. The van der Waals surface area contributed by atoms with Gasteiger partial charge in [0.05, 0.1) is 6.10 Å². The average Bonchev–Trinajstić information content (AvgIpc) is 2.83. The largest absolute Gasteiger partial charge is 0.508 e. The highest BCUT2D eigenvalue weighted by Gasteiger charge is 2.54. The average molecular weight is 328 g/mol. The van der Waals surface area contributed by atoms with E-state index >= 15 is 0 Å². The normalized spacial score (nSPS) is 37.9. The maximum absolute atomic E-state index is 10.5. The number of rotatable bonds is 2. The predicted molar refractivity (Wildman–Crippen MR) is 97.3 cm³/mol. The maximum atomic E-state index is 10.5. The van der Waals surface area contributed by atoms with Crippen molar-refractivity contribution >= 4 is 0 Å². The molecule has 0 aromatic heterocycles. The van der Waals surface area contributed by atoms with E-state index < -0.39 is 0 Å². The van der Waals surface area contributed by atoms with Gasteiger partial charge in [-0.25, -0.2) is 0 Å². The summed E-state index contributed by atoms with van der Waals surface area (Å²) in [6.45, 7) is 6.77. The summed E-state index contributed by atoms with van der Waals surface area (Å²) in [6, 6.07) is 4.39. The number of phenols is 1. The Hall–Kier alpha value is -1.02. The summed E-state index contributed by atoms with van der Waals surface area (Å²) >= 11 is 0. The lowest BCUT2D eigenvalue weighted by atomic mass is 9.55. The zero-order valence-electron chi connectivity index (χ0n) is 15.4. The molecule has 0 spiro atoms. The van der Waals surface area contributed by atoms with E-state index in [1.165, 1.54) is 30.4 Å². The minimum atomic E-state index is -0.0961. The zero-order chi connectivity index (χ0) is 17.1. The first-order valence-corrected chi connectivity index (χ1v) is 9.93. The number of benzene rings is 1. The van der Waals surface area contributed by atoms with E-state index in [0.29, 0.717) is 23.5 Å². The first-order valence-electron chi connectivity index (χ1n) is 9.93. The Kier molecular flexibility index (Phi) is 3.95. The van der Waals surface area contributed by atoms with Crippen molar-refractivity contribution in [2.45, 2.75) is 77.7 Å². The molecule has 1 aromatic rings. The van der Waals surface area contributed by atoms with E-state index in [0.717, 1.165) is 37.2 Å². The molecule has 2 fully saturated rings. The van der Waals surface area contributed by atoms with Crippen molar-refractivity contribution in [3.8, 4) is 5.75 Å². The fraction of sp³-hybridized carbons (Fsp3) is 0.727. The Morgan fingerprint density at radius 1 is 1.17 bits per heavy atom. The van der Waals surface area contributed by atoms with Crippen LogP contribution in [0.15, 0.2) is 12.1 Å². The molecule has 0 aliphatic heterocycles. The topological polar surface area (TPSA) is 40.5 Å². The van der Waals surface area contributed by atoms with Crippen molar-refractivity contribution in [3.05, 3.63) is 28.8 Å². The molecule has 0 unspecified atom stereocenters. The molecule has 0 heterocycles. The lowest BCUT2D eigenvalue weighted by Gasteiger charge is -2.50. The number of aliphatic hydroxyl groups is 1. The van der Waals surface area contributed by atoms with E-state index in [1.54, 1.807) is 0 Å². The van der Waals surface area contributed by atoms with E-state index in [1.807, 2.05) is 0 Å². The fourth-order valence-corrected chi connectivity index (χ4v) is 6.23. The van der Waals surface area contributed by atoms with Crippen LogP contribution < -0.4 is 0 Å². The number of hydrogen-bond acceptors (Lipinski definition) is 2. The van der Waals surface area contributed by atoms with Crippen LogP contribution in [0.2, 0.25) is 0 Å². The molecule has 2 heteroatoms. The third-order valence-corrected chi connectivity index (χ3v) is 7.50. The van der Waals surface area contributed by atoms with Gasteiger partial charge in [-0.3, -0.25) is 0 Å². The third-order valence-electron chi connectivity index (χ3n) is 7.50. The van der Waals surface area contributed by atoms with Crippen molar-refractivity contribution in [2.24, 2.45) is 23.2 Å². The summed E-state index contributed by atoms with van der Waals surface area (Å²) in [5.74, 6) is 3.11. The SMILES string of the molecule is CC(C)Cc1cc2c(cc1O)CC[C@H]1[C@@H]2CC[C@]2(C)[C@@H](O)CC[C@@H]12. The van der Waals surface area contributed by atoms with Gasteiger partial charge in [0.25, 0.3) is 0 Å². The summed E-state index contributed by atoms with van der Waals surface area (Å²) in [4.78, 5) is 0. The highest BCUT2D eigenvalue weighted by Crippen LogP contribution is 2.61. The number of aliphatic hydroxyl groups excluding tert-OH is 1. The van der Waals surface area contributed by atoms with Gasteiger partial charge < -0.3 is 10.2 Å². The molecule has 0 radical (unpaired) electrons. The van der Waals surface area contributed by atoms with E-state index in [-0.39, 0.29) is 11.5 Å². The third kappa shape index (κ3) is 2.41. The summed E-state index contributed by atoms with van der Waals surface area (Å²) < 4.78 is 0. The van der Waals surface area contributed by atoms with Gasteiger partial charge in [-0.05, 0) is 96.8 Å². The Labute approximate surface area is 146 Å². The van der Waals surface area contributed by atoms with Crippen LogP contribution in [0.25, 0.3) is 0 Å². The molecule has 3 aliphatic carbocycles. The summed E-state index contributed by atoms with van der Waals surface area (Å²) in [5, 5.41) is 20.9. The molecule has 2 nitrogen and oxygen atoms in total. The van der Waals surface area contributed by atoms with Crippen LogP contribution in [0.3, 0.4) is 0 Å². The molecule has 0 amide bonds. The number of aromatic hydroxyl groups is 1.